The number of anilines is 1. The lowest BCUT2D eigenvalue weighted by Crippen LogP contribution is -2.50. The number of pyridine rings is 1. The van der Waals surface area contributed by atoms with Crippen molar-refractivity contribution in [2.45, 2.75) is 58.1 Å². The molecule has 2 aromatic heterocycles. The highest BCUT2D eigenvalue weighted by atomic mass is 19.3. The minimum Gasteiger partial charge on any atom is -0.618 e. The maximum Gasteiger partial charge on any atom is 0.257 e. The number of carbonyl (C=O) groups excluding carboxylic acids is 2. The lowest BCUT2D eigenvalue weighted by molar-refractivity contribution is -0.611. The molecule has 3 aromatic rings. The molecule has 3 N–H and O–H groups in total. The molecule has 37 heavy (non-hydrogen) atoms. The molecule has 9 nitrogen and oxygen atoms in total. The standard InChI is InChI=1S/C26H28F2N4O5/c1-15-9-12-32(36)16(2)22(15)17-3-5-19(6-4-17)29-25(35)23(18-7-10-26(27,28)11-8-18)30-24(34)20-14-37-31-21(20)13-33/h3-6,9,12,14,18,23,33H,7-8,10-11,13H2,1-2H3,(H,29,35)(H,30,34)/t23-/m1/s1. The lowest BCUT2D eigenvalue weighted by Gasteiger charge is -2.33. The van der Waals surface area contributed by atoms with Gasteiger partial charge >= 0.3 is 0 Å². The molecule has 2 amide bonds. The van der Waals surface area contributed by atoms with Crippen LogP contribution in [0.15, 0.2) is 47.3 Å². The van der Waals surface area contributed by atoms with Crippen LogP contribution in [-0.2, 0) is 11.4 Å². The Morgan fingerprint density at radius 1 is 1.22 bits per heavy atom. The van der Waals surface area contributed by atoms with Gasteiger partial charge in [0.25, 0.3) is 5.91 Å². The first-order chi connectivity index (χ1) is 17.6. The van der Waals surface area contributed by atoms with Gasteiger partial charge in [0.15, 0.2) is 11.9 Å². The third kappa shape index (κ3) is 5.77. The van der Waals surface area contributed by atoms with Crippen molar-refractivity contribution in [1.29, 1.82) is 0 Å². The van der Waals surface area contributed by atoms with Crippen LogP contribution in [0.25, 0.3) is 11.1 Å². The van der Waals surface area contributed by atoms with Gasteiger partial charge in [-0.2, -0.15) is 4.73 Å². The molecule has 0 spiro atoms. The molecule has 1 fully saturated rings. The van der Waals surface area contributed by atoms with Crippen molar-refractivity contribution < 1.29 is 32.7 Å². The van der Waals surface area contributed by atoms with E-state index in [1.165, 1.54) is 6.20 Å². The van der Waals surface area contributed by atoms with Gasteiger partial charge in [0.2, 0.25) is 11.8 Å². The second-order valence-corrected chi connectivity index (χ2v) is 9.33. The molecule has 0 unspecified atom stereocenters. The van der Waals surface area contributed by atoms with Crippen LogP contribution in [0.1, 0.15) is 53.0 Å². The minimum atomic E-state index is -2.80. The zero-order chi connectivity index (χ0) is 26.7. The van der Waals surface area contributed by atoms with Crippen LogP contribution in [0.4, 0.5) is 14.5 Å². The number of aliphatic hydroxyl groups is 1. The summed E-state index contributed by atoms with van der Waals surface area (Å²) in [5.41, 5.74) is 3.47. The highest BCUT2D eigenvalue weighted by molar-refractivity contribution is 6.01. The number of hydrogen-bond donors (Lipinski definition) is 3. The Balaban J connectivity index is 1.54. The van der Waals surface area contributed by atoms with E-state index in [2.05, 4.69) is 15.8 Å². The molecule has 4 rings (SSSR count). The summed E-state index contributed by atoms with van der Waals surface area (Å²) in [4.78, 5) is 26.1. The summed E-state index contributed by atoms with van der Waals surface area (Å²) in [6.45, 7) is 3.09. The van der Waals surface area contributed by atoms with Gasteiger partial charge in [0.05, 0.1) is 12.2 Å². The van der Waals surface area contributed by atoms with Crippen molar-refractivity contribution in [3.8, 4) is 11.1 Å². The molecule has 2 heterocycles. The molecule has 0 radical (unpaired) electrons. The summed E-state index contributed by atoms with van der Waals surface area (Å²) in [6, 6.07) is 7.51. The van der Waals surface area contributed by atoms with Crippen molar-refractivity contribution in [2.75, 3.05) is 5.32 Å². The van der Waals surface area contributed by atoms with E-state index in [9.17, 15) is 28.7 Å². The fraction of sp³-hybridized carbons (Fsp3) is 0.385. The second kappa shape index (κ2) is 10.6. The highest BCUT2D eigenvalue weighted by Crippen LogP contribution is 2.38. The number of aliphatic hydroxyl groups excluding tert-OH is 1. The molecule has 0 saturated heterocycles. The van der Waals surface area contributed by atoms with E-state index in [1.54, 1.807) is 37.3 Å². The first-order valence-electron chi connectivity index (χ1n) is 11.9. The summed E-state index contributed by atoms with van der Waals surface area (Å²) in [5, 5.41) is 30.3. The van der Waals surface area contributed by atoms with Gasteiger partial charge in [0.1, 0.15) is 23.6 Å². The Hall–Kier alpha value is -3.86. The first-order valence-corrected chi connectivity index (χ1v) is 11.9. The molecular formula is C26H28F2N4O5. The number of halogens is 2. The quantitative estimate of drug-likeness (QED) is 0.326. The number of alkyl halides is 2. The van der Waals surface area contributed by atoms with Crippen molar-refractivity contribution in [3.63, 3.8) is 0 Å². The van der Waals surface area contributed by atoms with Gasteiger partial charge in [-0.15, -0.1) is 0 Å². The van der Waals surface area contributed by atoms with E-state index in [0.29, 0.717) is 11.4 Å². The van der Waals surface area contributed by atoms with Crippen molar-refractivity contribution in [2.24, 2.45) is 5.92 Å². The number of amides is 2. The second-order valence-electron chi connectivity index (χ2n) is 9.33. The normalized spacial score (nSPS) is 16.2. The third-order valence-electron chi connectivity index (χ3n) is 6.83. The van der Waals surface area contributed by atoms with Crippen LogP contribution in [0.2, 0.25) is 0 Å². The summed E-state index contributed by atoms with van der Waals surface area (Å²) in [6.07, 6.45) is 1.86. The van der Waals surface area contributed by atoms with E-state index in [1.807, 2.05) is 6.92 Å². The smallest absolute Gasteiger partial charge is 0.257 e. The van der Waals surface area contributed by atoms with E-state index in [0.717, 1.165) is 27.7 Å². The largest absolute Gasteiger partial charge is 0.618 e. The van der Waals surface area contributed by atoms with Crippen LogP contribution in [0.3, 0.4) is 0 Å². The third-order valence-corrected chi connectivity index (χ3v) is 6.83. The predicted molar refractivity (Wildman–Crippen MR) is 130 cm³/mol. The van der Waals surface area contributed by atoms with Gasteiger partial charge < -0.3 is 25.5 Å². The topological polar surface area (TPSA) is 131 Å². The summed E-state index contributed by atoms with van der Waals surface area (Å²) >= 11 is 0. The molecule has 1 aromatic carbocycles. The number of nitrogens with zero attached hydrogens (tertiary/aromatic N) is 2. The van der Waals surface area contributed by atoms with Crippen LogP contribution in [-0.4, -0.2) is 34.0 Å². The Bertz CT molecular complexity index is 1280. The SMILES string of the molecule is Cc1cc[n+]([O-])c(C)c1-c1ccc(NC(=O)[C@H](NC(=O)c2conc2CO)C2CCC(F)(F)CC2)cc1. The molecule has 11 heteroatoms. The Morgan fingerprint density at radius 2 is 1.89 bits per heavy atom. The molecule has 196 valence electrons. The van der Waals surface area contributed by atoms with Crippen molar-refractivity contribution >= 4 is 17.5 Å². The number of rotatable bonds is 7. The molecule has 1 saturated carbocycles. The van der Waals surface area contributed by atoms with Crippen molar-refractivity contribution in [1.82, 2.24) is 10.5 Å². The average Bonchev–Trinajstić information content (AvgIpc) is 3.35. The minimum absolute atomic E-state index is 0.00771. The molecule has 1 aliphatic rings. The number of aryl methyl sites for hydroxylation is 1. The van der Waals surface area contributed by atoms with Crippen LogP contribution in [0, 0.1) is 25.0 Å². The summed E-state index contributed by atoms with van der Waals surface area (Å²) in [5.74, 6) is -4.56. The van der Waals surface area contributed by atoms with E-state index < -0.39 is 36.3 Å². The number of benzene rings is 1. The summed E-state index contributed by atoms with van der Waals surface area (Å²) in [7, 11) is 0. The highest BCUT2D eigenvalue weighted by Gasteiger charge is 2.40. The van der Waals surface area contributed by atoms with Gasteiger partial charge in [-0.25, -0.2) is 8.78 Å². The van der Waals surface area contributed by atoms with Gasteiger partial charge in [0, 0.05) is 31.5 Å². The maximum absolute atomic E-state index is 13.8. The fourth-order valence-corrected chi connectivity index (χ4v) is 4.72. The molecule has 1 atom stereocenters. The molecule has 1 aliphatic carbocycles. The fourth-order valence-electron chi connectivity index (χ4n) is 4.72. The zero-order valence-electron chi connectivity index (χ0n) is 20.5. The molecule has 0 bridgehead atoms. The van der Waals surface area contributed by atoms with Crippen LogP contribution in [0.5, 0.6) is 0 Å². The van der Waals surface area contributed by atoms with E-state index in [-0.39, 0.29) is 36.9 Å². The Kier molecular flexibility index (Phi) is 7.53. The van der Waals surface area contributed by atoms with Gasteiger partial charge in [-0.3, -0.25) is 9.59 Å². The first kappa shape index (κ1) is 26.2. The van der Waals surface area contributed by atoms with Crippen molar-refractivity contribution in [3.05, 3.63) is 70.5 Å². The maximum atomic E-state index is 13.8. The van der Waals surface area contributed by atoms with Gasteiger partial charge in [-0.1, -0.05) is 17.3 Å². The van der Waals surface area contributed by atoms with Gasteiger partial charge in [-0.05, 0) is 48.9 Å². The molecular weight excluding hydrogens is 486 g/mol. The van der Waals surface area contributed by atoms with E-state index >= 15 is 0 Å². The average molecular weight is 515 g/mol. The van der Waals surface area contributed by atoms with Crippen LogP contribution < -0.4 is 15.4 Å². The Morgan fingerprint density at radius 3 is 2.54 bits per heavy atom. The number of carbonyl (C=O) groups is 2. The molecule has 0 aliphatic heterocycles. The van der Waals surface area contributed by atoms with E-state index in [4.69, 9.17) is 4.52 Å². The predicted octanol–water partition coefficient (Wildman–Crippen LogP) is 3.65. The Labute approximate surface area is 212 Å². The van der Waals surface area contributed by atoms with Crippen LogP contribution >= 0.6 is 0 Å². The number of aromatic nitrogens is 2. The number of hydrogen-bond acceptors (Lipinski definition) is 6. The summed E-state index contributed by atoms with van der Waals surface area (Å²) < 4.78 is 33.1. The zero-order valence-corrected chi connectivity index (χ0v) is 20.5. The lowest BCUT2D eigenvalue weighted by atomic mass is 9.81. The monoisotopic (exact) mass is 514 g/mol. The number of nitrogens with one attached hydrogen (secondary N) is 2.